The van der Waals surface area contributed by atoms with Crippen molar-refractivity contribution in [3.05, 3.63) is 41.9 Å². The molecule has 1 radical (unpaired) electrons. The predicted molar refractivity (Wildman–Crippen MR) is 91.8 cm³/mol. The van der Waals surface area contributed by atoms with Crippen molar-refractivity contribution in [2.45, 2.75) is 60.8 Å². The molecule has 3 rings (SSSR count). The average molecular weight is 446 g/mol. The molecule has 133 valence electrons. The van der Waals surface area contributed by atoms with Gasteiger partial charge in [0.1, 0.15) is 0 Å². The molecule has 0 aromatic rings. The SMILES string of the molecule is CC(C)(C)C1=CCC(C2(C)C=CC(C)(C)C3[CH-]CCC32)=C1.[Cl-].[Cl-].[Zr+3]. The normalized spacial score (nSPS) is 33.4. The minimum atomic E-state index is 0. The molecule has 0 aromatic carbocycles. The van der Waals surface area contributed by atoms with Crippen molar-refractivity contribution < 1.29 is 51.0 Å². The summed E-state index contributed by atoms with van der Waals surface area (Å²) in [6, 6.07) is 0. The van der Waals surface area contributed by atoms with Gasteiger partial charge in [0.05, 0.1) is 0 Å². The fourth-order valence-corrected chi connectivity index (χ4v) is 4.69. The van der Waals surface area contributed by atoms with Crippen molar-refractivity contribution in [3.63, 3.8) is 0 Å². The Balaban J connectivity index is 0.00000176. The van der Waals surface area contributed by atoms with Crippen LogP contribution in [-0.4, -0.2) is 0 Å². The number of allylic oxidation sites excluding steroid dienone is 6. The maximum absolute atomic E-state index is 2.60. The molecule has 0 aliphatic heterocycles. The van der Waals surface area contributed by atoms with Crippen molar-refractivity contribution in [3.8, 4) is 0 Å². The van der Waals surface area contributed by atoms with E-state index >= 15 is 0 Å². The fraction of sp³-hybridized carbons (Fsp3) is 0.667. The van der Waals surface area contributed by atoms with E-state index < -0.39 is 0 Å². The first-order valence-corrected chi connectivity index (χ1v) is 8.60. The number of fused-ring (bicyclic) bond motifs is 1. The van der Waals surface area contributed by atoms with Gasteiger partial charge in [0, 0.05) is 5.41 Å². The molecule has 0 bridgehead atoms. The topological polar surface area (TPSA) is 0 Å². The van der Waals surface area contributed by atoms with Gasteiger partial charge < -0.3 is 31.2 Å². The van der Waals surface area contributed by atoms with Crippen LogP contribution in [-0.2, 0) is 26.2 Å². The molecule has 1 fully saturated rings. The average Bonchev–Trinajstić information content (AvgIpc) is 3.02. The molecule has 0 nitrogen and oxygen atoms in total. The van der Waals surface area contributed by atoms with Gasteiger partial charge in [-0.2, -0.15) is 12.3 Å². The first kappa shape index (κ1) is 24.7. The third-order valence-electron chi connectivity index (χ3n) is 6.25. The van der Waals surface area contributed by atoms with Crippen LogP contribution >= 0.6 is 0 Å². The Hall–Kier alpha value is 0.683. The maximum Gasteiger partial charge on any atom is 3.00 e. The van der Waals surface area contributed by atoms with Gasteiger partial charge in [-0.25, -0.2) is 0 Å². The van der Waals surface area contributed by atoms with E-state index in [9.17, 15) is 0 Å². The van der Waals surface area contributed by atoms with E-state index in [1.165, 1.54) is 18.4 Å². The first-order valence-electron chi connectivity index (χ1n) is 8.60. The fourth-order valence-electron chi connectivity index (χ4n) is 4.69. The zero-order chi connectivity index (χ0) is 15.5. The van der Waals surface area contributed by atoms with E-state index in [-0.39, 0.29) is 61.8 Å². The van der Waals surface area contributed by atoms with E-state index in [0.29, 0.717) is 5.41 Å². The molecular formula is C21H31Cl2Zr. The van der Waals surface area contributed by atoms with Crippen molar-refractivity contribution >= 4 is 0 Å². The van der Waals surface area contributed by atoms with E-state index in [0.717, 1.165) is 18.3 Å². The van der Waals surface area contributed by atoms with Gasteiger partial charge in [0.25, 0.3) is 0 Å². The molecule has 3 aliphatic rings. The standard InChI is InChI=1S/C21H31.2ClH.Zr/c1-19(2,3)15-10-11-16(14-15)21(6)13-12-20(4,5)17-8-7-9-18(17)21;;;/h8,10,12-14,17-18H,7,9,11H2,1-6H3;2*1H;/q-1;;;+3/p-2. The van der Waals surface area contributed by atoms with Gasteiger partial charge >= 0.3 is 26.2 Å². The van der Waals surface area contributed by atoms with Crippen molar-refractivity contribution in [2.75, 3.05) is 0 Å². The number of hydrogen-bond donors (Lipinski definition) is 0. The monoisotopic (exact) mass is 443 g/mol. The Morgan fingerprint density at radius 1 is 1.08 bits per heavy atom. The second-order valence-corrected chi connectivity index (χ2v) is 9.17. The van der Waals surface area contributed by atoms with Gasteiger partial charge in [-0.1, -0.05) is 83.8 Å². The molecule has 3 aliphatic carbocycles. The summed E-state index contributed by atoms with van der Waals surface area (Å²) in [6.07, 6.45) is 16.4. The summed E-state index contributed by atoms with van der Waals surface area (Å²) in [6.45, 7) is 14.3. The minimum Gasteiger partial charge on any atom is -1.00 e. The second kappa shape index (κ2) is 8.14. The van der Waals surface area contributed by atoms with Crippen molar-refractivity contribution in [1.29, 1.82) is 0 Å². The zero-order valence-electron chi connectivity index (χ0n) is 15.9. The molecule has 0 N–H and O–H groups in total. The molecule has 3 heteroatoms. The maximum atomic E-state index is 2.60. The van der Waals surface area contributed by atoms with E-state index in [1.54, 1.807) is 5.57 Å². The van der Waals surface area contributed by atoms with Gasteiger partial charge in [0.2, 0.25) is 0 Å². The minimum absolute atomic E-state index is 0. The van der Waals surface area contributed by atoms with Crippen molar-refractivity contribution in [2.24, 2.45) is 28.1 Å². The Kier molecular flexibility index (Phi) is 8.38. The second-order valence-electron chi connectivity index (χ2n) is 9.17. The number of hydrogen-bond acceptors (Lipinski definition) is 0. The van der Waals surface area contributed by atoms with Crippen LogP contribution in [0.15, 0.2) is 35.5 Å². The first-order chi connectivity index (χ1) is 9.64. The summed E-state index contributed by atoms with van der Waals surface area (Å²) in [5, 5.41) is 0. The van der Waals surface area contributed by atoms with Crippen LogP contribution in [0.5, 0.6) is 0 Å². The third-order valence-corrected chi connectivity index (χ3v) is 6.25. The molecular weight excluding hydrogens is 414 g/mol. The summed E-state index contributed by atoms with van der Waals surface area (Å²) in [7, 11) is 0. The molecule has 0 amide bonds. The summed E-state index contributed by atoms with van der Waals surface area (Å²) in [4.78, 5) is 0. The van der Waals surface area contributed by atoms with Crippen LogP contribution in [0, 0.1) is 34.5 Å². The van der Waals surface area contributed by atoms with Crippen LogP contribution in [0.25, 0.3) is 0 Å². The van der Waals surface area contributed by atoms with Gasteiger partial charge in [-0.05, 0) is 22.8 Å². The molecule has 0 saturated heterocycles. The van der Waals surface area contributed by atoms with E-state index in [1.807, 2.05) is 0 Å². The molecule has 1 saturated carbocycles. The van der Waals surface area contributed by atoms with E-state index in [4.69, 9.17) is 0 Å². The molecule has 0 heterocycles. The Labute approximate surface area is 181 Å². The van der Waals surface area contributed by atoms with E-state index in [2.05, 4.69) is 72.3 Å². The summed E-state index contributed by atoms with van der Waals surface area (Å²) in [5.41, 5.74) is 4.04. The molecule has 24 heavy (non-hydrogen) atoms. The summed E-state index contributed by atoms with van der Waals surface area (Å²) < 4.78 is 0. The number of rotatable bonds is 1. The molecule has 0 aromatic heterocycles. The smallest absolute Gasteiger partial charge is 1.00 e. The quantitative estimate of drug-likeness (QED) is 0.398. The predicted octanol–water partition coefficient (Wildman–Crippen LogP) is 0.127. The van der Waals surface area contributed by atoms with Gasteiger partial charge in [-0.15, -0.1) is 0 Å². The summed E-state index contributed by atoms with van der Waals surface area (Å²) in [5.74, 6) is 1.53. The largest absolute Gasteiger partial charge is 3.00 e. The molecule has 3 unspecified atom stereocenters. The Bertz CT molecular complexity index is 537. The Morgan fingerprint density at radius 3 is 2.25 bits per heavy atom. The third kappa shape index (κ3) is 4.15. The van der Waals surface area contributed by atoms with Crippen LogP contribution in [0.2, 0.25) is 0 Å². The summed E-state index contributed by atoms with van der Waals surface area (Å²) >= 11 is 0. The van der Waals surface area contributed by atoms with Crippen molar-refractivity contribution in [1.82, 2.24) is 0 Å². The van der Waals surface area contributed by atoms with Gasteiger partial charge in [0.15, 0.2) is 0 Å². The zero-order valence-corrected chi connectivity index (χ0v) is 19.9. The van der Waals surface area contributed by atoms with Gasteiger partial charge in [-0.3, -0.25) is 0 Å². The Morgan fingerprint density at radius 2 is 1.71 bits per heavy atom. The van der Waals surface area contributed by atoms with Crippen LogP contribution in [0.4, 0.5) is 0 Å². The molecule has 3 atom stereocenters. The van der Waals surface area contributed by atoms with Crippen LogP contribution < -0.4 is 24.8 Å². The molecule has 0 spiro atoms. The number of halogens is 2. The van der Waals surface area contributed by atoms with Crippen LogP contribution in [0.3, 0.4) is 0 Å². The van der Waals surface area contributed by atoms with Crippen LogP contribution in [0.1, 0.15) is 60.8 Å².